The summed E-state index contributed by atoms with van der Waals surface area (Å²) in [4.78, 5) is 0. The molecule has 0 aromatic heterocycles. The molecule has 2 unspecified atom stereocenters. The van der Waals surface area contributed by atoms with Crippen LogP contribution in [0.15, 0.2) is 152 Å². The van der Waals surface area contributed by atoms with Crippen molar-refractivity contribution in [2.75, 3.05) is 5.32 Å². The summed E-state index contributed by atoms with van der Waals surface area (Å²) in [6, 6.07) is 46.2. The third kappa shape index (κ3) is 3.63. The fourth-order valence-corrected chi connectivity index (χ4v) is 6.46. The number of fused-ring (bicyclic) bond motifs is 3. The highest BCUT2D eigenvalue weighted by Gasteiger charge is 2.49. The monoisotopic (exact) mass is 487 g/mol. The third-order valence-electron chi connectivity index (χ3n) is 8.13. The fourth-order valence-electron chi connectivity index (χ4n) is 6.46. The largest absolute Gasteiger partial charge is 0.356 e. The predicted octanol–water partition coefficient (Wildman–Crippen LogP) is 9.54. The highest BCUT2D eigenvalue weighted by Crippen LogP contribution is 2.58. The standard InChI is InChI=1S/C37H29N/c1-4-12-27(13-5-1)28-20-22-31(23-21-28)38-32-24-25-34-33-18-10-11-19-35(33)37(36(34)26-32,29-14-6-2-7-15-29)30-16-8-3-9-17-30/h1-16,18-26,30,38H,17H2. The summed E-state index contributed by atoms with van der Waals surface area (Å²) in [6.45, 7) is 0. The Balaban J connectivity index is 1.34. The summed E-state index contributed by atoms with van der Waals surface area (Å²) in [7, 11) is 0. The molecule has 0 saturated heterocycles. The molecular weight excluding hydrogens is 458 g/mol. The number of allylic oxidation sites excluding steroid dienone is 4. The Morgan fingerprint density at radius 2 is 1.21 bits per heavy atom. The van der Waals surface area contributed by atoms with E-state index in [0.29, 0.717) is 5.92 Å². The lowest BCUT2D eigenvalue weighted by molar-refractivity contribution is 0.457. The second-order valence-electron chi connectivity index (χ2n) is 10.2. The van der Waals surface area contributed by atoms with Gasteiger partial charge in [-0.1, -0.05) is 127 Å². The molecule has 1 N–H and O–H groups in total. The molecule has 0 bridgehead atoms. The molecule has 0 aliphatic heterocycles. The molecule has 0 heterocycles. The first-order chi connectivity index (χ1) is 18.8. The molecule has 7 rings (SSSR count). The molecule has 1 nitrogen and oxygen atoms in total. The van der Waals surface area contributed by atoms with Gasteiger partial charge in [-0.25, -0.2) is 0 Å². The van der Waals surface area contributed by atoms with Gasteiger partial charge in [0.15, 0.2) is 0 Å². The van der Waals surface area contributed by atoms with Crippen LogP contribution in [0.1, 0.15) is 23.1 Å². The summed E-state index contributed by atoms with van der Waals surface area (Å²) in [5, 5.41) is 3.70. The minimum absolute atomic E-state index is 0.247. The Kier molecular flexibility index (Phi) is 5.56. The van der Waals surface area contributed by atoms with Crippen molar-refractivity contribution < 1.29 is 0 Å². The van der Waals surface area contributed by atoms with Gasteiger partial charge in [-0.2, -0.15) is 0 Å². The zero-order chi connectivity index (χ0) is 25.4. The van der Waals surface area contributed by atoms with E-state index in [2.05, 4.69) is 157 Å². The number of nitrogens with one attached hydrogen (secondary N) is 1. The lowest BCUT2D eigenvalue weighted by Crippen LogP contribution is -2.35. The van der Waals surface area contributed by atoms with Gasteiger partial charge in [-0.3, -0.25) is 0 Å². The van der Waals surface area contributed by atoms with E-state index in [9.17, 15) is 0 Å². The van der Waals surface area contributed by atoms with Gasteiger partial charge in [0.25, 0.3) is 0 Å². The summed E-state index contributed by atoms with van der Waals surface area (Å²) < 4.78 is 0. The molecule has 2 aliphatic rings. The van der Waals surface area contributed by atoms with E-state index in [1.54, 1.807) is 0 Å². The Hall–Kier alpha value is -4.62. The average Bonchev–Trinajstić information content (AvgIpc) is 3.29. The van der Waals surface area contributed by atoms with Crippen LogP contribution in [0.5, 0.6) is 0 Å². The lowest BCUT2D eigenvalue weighted by atomic mass is 9.62. The van der Waals surface area contributed by atoms with E-state index in [4.69, 9.17) is 0 Å². The molecule has 2 aliphatic carbocycles. The van der Waals surface area contributed by atoms with Crippen LogP contribution in [-0.4, -0.2) is 0 Å². The molecule has 5 aromatic rings. The van der Waals surface area contributed by atoms with Gasteiger partial charge in [0.05, 0.1) is 5.41 Å². The first-order valence-electron chi connectivity index (χ1n) is 13.4. The van der Waals surface area contributed by atoms with Crippen molar-refractivity contribution in [2.45, 2.75) is 11.8 Å². The number of anilines is 2. The van der Waals surface area contributed by atoms with Crippen molar-refractivity contribution >= 4 is 11.4 Å². The summed E-state index contributed by atoms with van der Waals surface area (Å²) in [5.41, 5.74) is 11.2. The summed E-state index contributed by atoms with van der Waals surface area (Å²) in [5.74, 6) is 0.331. The summed E-state index contributed by atoms with van der Waals surface area (Å²) >= 11 is 0. The number of benzene rings is 5. The molecule has 38 heavy (non-hydrogen) atoms. The molecule has 182 valence electrons. The zero-order valence-corrected chi connectivity index (χ0v) is 21.2. The van der Waals surface area contributed by atoms with Gasteiger partial charge in [0.2, 0.25) is 0 Å². The van der Waals surface area contributed by atoms with Crippen LogP contribution in [0.4, 0.5) is 11.4 Å². The highest BCUT2D eigenvalue weighted by atomic mass is 14.9. The van der Waals surface area contributed by atoms with Crippen molar-refractivity contribution in [3.05, 3.63) is 168 Å². The van der Waals surface area contributed by atoms with Gasteiger partial charge in [-0.15, -0.1) is 0 Å². The topological polar surface area (TPSA) is 12.0 Å². The van der Waals surface area contributed by atoms with Crippen LogP contribution in [0.25, 0.3) is 22.3 Å². The van der Waals surface area contributed by atoms with E-state index in [1.807, 2.05) is 0 Å². The van der Waals surface area contributed by atoms with Gasteiger partial charge in [-0.05, 0) is 75.5 Å². The van der Waals surface area contributed by atoms with Crippen molar-refractivity contribution in [1.82, 2.24) is 0 Å². The minimum atomic E-state index is -0.247. The first-order valence-corrected chi connectivity index (χ1v) is 13.4. The minimum Gasteiger partial charge on any atom is -0.356 e. The second-order valence-corrected chi connectivity index (χ2v) is 10.2. The fraction of sp³-hybridized carbons (Fsp3) is 0.0811. The molecule has 0 fully saturated rings. The highest BCUT2D eigenvalue weighted by molar-refractivity contribution is 5.86. The van der Waals surface area contributed by atoms with Gasteiger partial charge < -0.3 is 5.32 Å². The normalized spacial score (nSPS) is 19.1. The molecule has 5 aromatic carbocycles. The maximum atomic E-state index is 3.70. The van der Waals surface area contributed by atoms with Gasteiger partial charge in [0, 0.05) is 11.4 Å². The molecule has 0 amide bonds. The van der Waals surface area contributed by atoms with Crippen molar-refractivity contribution in [3.8, 4) is 22.3 Å². The van der Waals surface area contributed by atoms with Gasteiger partial charge in [0.1, 0.15) is 0 Å². The lowest BCUT2D eigenvalue weighted by Gasteiger charge is -2.39. The molecule has 1 heteroatoms. The second kappa shape index (κ2) is 9.36. The van der Waals surface area contributed by atoms with E-state index in [0.717, 1.165) is 17.8 Å². The summed E-state index contributed by atoms with van der Waals surface area (Å²) in [6.07, 6.45) is 10.1. The third-order valence-corrected chi connectivity index (χ3v) is 8.13. The molecule has 2 atom stereocenters. The number of hydrogen-bond acceptors (Lipinski definition) is 1. The molecule has 0 radical (unpaired) electrons. The van der Waals surface area contributed by atoms with Crippen LogP contribution in [0, 0.1) is 5.92 Å². The van der Waals surface area contributed by atoms with Crippen LogP contribution < -0.4 is 5.32 Å². The Labute approximate surface area is 224 Å². The molecule has 0 spiro atoms. The van der Waals surface area contributed by atoms with E-state index >= 15 is 0 Å². The van der Waals surface area contributed by atoms with Crippen LogP contribution in [0.2, 0.25) is 0 Å². The molecular formula is C37H29N. The van der Waals surface area contributed by atoms with Crippen LogP contribution in [-0.2, 0) is 5.41 Å². The first kappa shape index (κ1) is 22.6. The SMILES string of the molecule is C1=CCC(C2(c3ccccc3)c3ccccc3-c3ccc(Nc4ccc(-c5ccccc5)cc4)cc32)C=C1. The quantitative estimate of drug-likeness (QED) is 0.260. The van der Waals surface area contributed by atoms with Crippen LogP contribution >= 0.6 is 0 Å². The predicted molar refractivity (Wildman–Crippen MR) is 160 cm³/mol. The van der Waals surface area contributed by atoms with Crippen molar-refractivity contribution in [2.24, 2.45) is 5.92 Å². The van der Waals surface area contributed by atoms with E-state index in [-0.39, 0.29) is 5.41 Å². The smallest absolute Gasteiger partial charge is 0.0529 e. The van der Waals surface area contributed by atoms with E-state index < -0.39 is 0 Å². The van der Waals surface area contributed by atoms with Crippen LogP contribution in [0.3, 0.4) is 0 Å². The number of hydrogen-bond donors (Lipinski definition) is 1. The Morgan fingerprint density at radius 3 is 1.97 bits per heavy atom. The van der Waals surface area contributed by atoms with Crippen molar-refractivity contribution in [3.63, 3.8) is 0 Å². The van der Waals surface area contributed by atoms with Crippen molar-refractivity contribution in [1.29, 1.82) is 0 Å². The molecule has 0 saturated carbocycles. The zero-order valence-electron chi connectivity index (χ0n) is 21.2. The maximum absolute atomic E-state index is 3.70. The van der Waals surface area contributed by atoms with Gasteiger partial charge >= 0.3 is 0 Å². The van der Waals surface area contributed by atoms with E-state index in [1.165, 1.54) is 38.9 Å². The Morgan fingerprint density at radius 1 is 0.553 bits per heavy atom. The Bertz CT molecular complexity index is 1640. The maximum Gasteiger partial charge on any atom is 0.0529 e. The number of rotatable bonds is 5. The average molecular weight is 488 g/mol.